The Bertz CT molecular complexity index is 1130. The van der Waals surface area contributed by atoms with E-state index in [1.807, 2.05) is 0 Å². The van der Waals surface area contributed by atoms with Crippen LogP contribution in [0.4, 0.5) is 0 Å². The zero-order chi connectivity index (χ0) is 22.9. The molecule has 2 fully saturated rings. The minimum absolute atomic E-state index is 0.222. The number of nitrogens with zero attached hydrogens (tertiary/aromatic N) is 5. The lowest BCUT2D eigenvalue weighted by atomic mass is 9.87. The molecule has 1 aromatic heterocycles. The Hall–Kier alpha value is -3.03. The van der Waals surface area contributed by atoms with E-state index in [2.05, 4.69) is 67.7 Å². The number of hydrogen-bond donors (Lipinski definition) is 1. The number of aromatic nitrogens is 3. The minimum Gasteiger partial charge on any atom is -0.330 e. The van der Waals surface area contributed by atoms with Crippen molar-refractivity contribution < 1.29 is 4.79 Å². The van der Waals surface area contributed by atoms with E-state index in [1.165, 1.54) is 29.5 Å². The van der Waals surface area contributed by atoms with E-state index in [9.17, 15) is 4.79 Å². The minimum atomic E-state index is 0.222. The summed E-state index contributed by atoms with van der Waals surface area (Å²) in [5.41, 5.74) is 5.92. The van der Waals surface area contributed by atoms with Gasteiger partial charge < -0.3 is 10.2 Å². The number of benzene rings is 2. The first-order chi connectivity index (χ1) is 16.7. The summed E-state index contributed by atoms with van der Waals surface area (Å²) in [6, 6.07) is 15.6. The Balaban J connectivity index is 1.06. The Labute approximate surface area is 200 Å². The van der Waals surface area contributed by atoms with Gasteiger partial charge in [-0.3, -0.25) is 9.69 Å². The van der Waals surface area contributed by atoms with Gasteiger partial charge in [0.2, 0.25) is 0 Å². The normalized spacial score (nSPS) is 21.7. The number of piperidine rings is 2. The fourth-order valence-electron chi connectivity index (χ4n) is 5.79. The molecule has 1 atom stereocenters. The van der Waals surface area contributed by atoms with Crippen molar-refractivity contribution in [3.05, 3.63) is 77.4 Å². The molecule has 2 aromatic carbocycles. The molecule has 7 heteroatoms. The lowest BCUT2D eigenvalue weighted by Crippen LogP contribution is -2.46. The number of rotatable bonds is 5. The van der Waals surface area contributed by atoms with E-state index in [-0.39, 0.29) is 5.91 Å². The van der Waals surface area contributed by atoms with Crippen LogP contribution in [0.15, 0.2) is 55.1 Å². The van der Waals surface area contributed by atoms with Crippen molar-refractivity contribution in [2.24, 2.45) is 0 Å². The zero-order valence-electron chi connectivity index (χ0n) is 19.6. The average molecular weight is 457 g/mol. The lowest BCUT2D eigenvalue weighted by Gasteiger charge is -2.32. The van der Waals surface area contributed by atoms with E-state index in [0.29, 0.717) is 12.0 Å². The van der Waals surface area contributed by atoms with Crippen molar-refractivity contribution in [1.29, 1.82) is 0 Å². The second-order valence-corrected chi connectivity index (χ2v) is 9.91. The monoisotopic (exact) mass is 456 g/mol. The smallest absolute Gasteiger partial charge is 0.254 e. The number of likely N-dealkylation sites (tertiary alicyclic amines) is 1. The fraction of sp³-hybridized carbons (Fsp3) is 0.444. The maximum atomic E-state index is 13.0. The van der Waals surface area contributed by atoms with Crippen molar-refractivity contribution in [2.45, 2.75) is 50.7 Å². The highest BCUT2D eigenvalue weighted by Crippen LogP contribution is 2.33. The molecule has 1 N–H and O–H groups in total. The van der Waals surface area contributed by atoms with Crippen molar-refractivity contribution in [3.63, 3.8) is 0 Å². The SMILES string of the molecule is O=C1c2ccc(C3CCN(Cc4ccc(-n5cncn5)cc4)CC3)cc2CN1C1CCCNC1. The molecule has 0 aliphatic carbocycles. The molecule has 6 rings (SSSR count). The Morgan fingerprint density at radius 2 is 1.88 bits per heavy atom. The fourth-order valence-corrected chi connectivity index (χ4v) is 5.79. The molecule has 0 spiro atoms. The molecule has 0 bridgehead atoms. The topological polar surface area (TPSA) is 66.3 Å². The van der Waals surface area contributed by atoms with Crippen LogP contribution >= 0.6 is 0 Å². The van der Waals surface area contributed by atoms with Gasteiger partial charge in [-0.15, -0.1) is 0 Å². The molecule has 3 aliphatic rings. The van der Waals surface area contributed by atoms with Crippen LogP contribution < -0.4 is 5.32 Å². The molecular formula is C27H32N6O. The second kappa shape index (κ2) is 9.31. The highest BCUT2D eigenvalue weighted by molar-refractivity contribution is 5.98. The zero-order valence-corrected chi connectivity index (χ0v) is 19.6. The Morgan fingerprint density at radius 1 is 1.03 bits per heavy atom. The molecule has 2 saturated heterocycles. The largest absolute Gasteiger partial charge is 0.330 e. The maximum absolute atomic E-state index is 13.0. The summed E-state index contributed by atoms with van der Waals surface area (Å²) in [7, 11) is 0. The molecule has 1 amide bonds. The number of hydrogen-bond acceptors (Lipinski definition) is 5. The molecule has 1 unspecified atom stereocenters. The van der Waals surface area contributed by atoms with Crippen molar-refractivity contribution >= 4 is 5.91 Å². The third-order valence-corrected chi connectivity index (χ3v) is 7.76. The maximum Gasteiger partial charge on any atom is 0.254 e. The van der Waals surface area contributed by atoms with Crippen molar-refractivity contribution in [1.82, 2.24) is 29.9 Å². The van der Waals surface area contributed by atoms with Gasteiger partial charge in [-0.05, 0) is 86.1 Å². The summed E-state index contributed by atoms with van der Waals surface area (Å²) in [5, 5.41) is 7.64. The third kappa shape index (κ3) is 4.26. The quantitative estimate of drug-likeness (QED) is 0.638. The first-order valence-electron chi connectivity index (χ1n) is 12.6. The molecule has 0 radical (unpaired) electrons. The van der Waals surface area contributed by atoms with E-state index in [1.54, 1.807) is 17.3 Å². The number of nitrogens with one attached hydrogen (secondary N) is 1. The summed E-state index contributed by atoms with van der Waals surface area (Å²) in [4.78, 5) is 21.6. The summed E-state index contributed by atoms with van der Waals surface area (Å²) < 4.78 is 1.78. The molecule has 3 aliphatic heterocycles. The predicted octanol–water partition coefficient (Wildman–Crippen LogP) is 3.35. The van der Waals surface area contributed by atoms with Gasteiger partial charge in [-0.1, -0.05) is 24.3 Å². The highest BCUT2D eigenvalue weighted by atomic mass is 16.2. The number of carbonyl (C=O) groups is 1. The van der Waals surface area contributed by atoms with Gasteiger partial charge in [0, 0.05) is 31.2 Å². The average Bonchev–Trinajstić information content (AvgIpc) is 3.54. The molecule has 0 saturated carbocycles. The summed E-state index contributed by atoms with van der Waals surface area (Å²) in [6.07, 6.45) is 7.88. The third-order valence-electron chi connectivity index (χ3n) is 7.76. The van der Waals surface area contributed by atoms with Crippen molar-refractivity contribution in [2.75, 3.05) is 26.2 Å². The van der Waals surface area contributed by atoms with Crippen LogP contribution in [0.1, 0.15) is 58.6 Å². The molecule has 176 valence electrons. The summed E-state index contributed by atoms with van der Waals surface area (Å²) in [6.45, 7) is 5.96. The second-order valence-electron chi connectivity index (χ2n) is 9.91. The van der Waals surface area contributed by atoms with Gasteiger partial charge in [-0.25, -0.2) is 9.67 Å². The van der Waals surface area contributed by atoms with Crippen LogP contribution in [0.5, 0.6) is 0 Å². The van der Waals surface area contributed by atoms with Crippen LogP contribution in [-0.4, -0.2) is 62.7 Å². The van der Waals surface area contributed by atoms with Gasteiger partial charge in [0.15, 0.2) is 0 Å². The van der Waals surface area contributed by atoms with E-state index in [0.717, 1.165) is 63.4 Å². The summed E-state index contributed by atoms with van der Waals surface area (Å²) in [5.74, 6) is 0.802. The predicted molar refractivity (Wildman–Crippen MR) is 131 cm³/mol. The van der Waals surface area contributed by atoms with Gasteiger partial charge in [0.25, 0.3) is 5.91 Å². The number of carbonyl (C=O) groups excluding carboxylic acids is 1. The lowest BCUT2D eigenvalue weighted by molar-refractivity contribution is 0.0674. The van der Waals surface area contributed by atoms with Crippen LogP contribution in [-0.2, 0) is 13.1 Å². The van der Waals surface area contributed by atoms with E-state index >= 15 is 0 Å². The highest BCUT2D eigenvalue weighted by Gasteiger charge is 2.34. The van der Waals surface area contributed by atoms with Gasteiger partial charge in [0.1, 0.15) is 12.7 Å². The Morgan fingerprint density at radius 3 is 2.62 bits per heavy atom. The van der Waals surface area contributed by atoms with Crippen LogP contribution in [0.3, 0.4) is 0 Å². The molecule has 7 nitrogen and oxygen atoms in total. The van der Waals surface area contributed by atoms with E-state index < -0.39 is 0 Å². The van der Waals surface area contributed by atoms with Crippen LogP contribution in [0.2, 0.25) is 0 Å². The Kier molecular flexibility index (Phi) is 5.89. The first-order valence-corrected chi connectivity index (χ1v) is 12.6. The van der Waals surface area contributed by atoms with Crippen LogP contribution in [0.25, 0.3) is 5.69 Å². The number of amides is 1. The van der Waals surface area contributed by atoms with Crippen molar-refractivity contribution in [3.8, 4) is 5.69 Å². The van der Waals surface area contributed by atoms with Gasteiger partial charge in [-0.2, -0.15) is 5.10 Å². The van der Waals surface area contributed by atoms with E-state index in [4.69, 9.17) is 0 Å². The standard InChI is InChI=1S/C27H32N6O/c34-27-26-8-5-22(14-23(26)17-32(27)25-2-1-11-28-15-25)21-9-12-31(13-10-21)16-20-3-6-24(7-4-20)33-19-29-18-30-33/h3-8,14,18-19,21,25,28H,1-2,9-13,15-17H2. The van der Waals surface area contributed by atoms with Gasteiger partial charge >= 0.3 is 0 Å². The van der Waals surface area contributed by atoms with Gasteiger partial charge in [0.05, 0.1) is 5.69 Å². The first kappa shape index (κ1) is 21.5. The number of fused-ring (bicyclic) bond motifs is 1. The molecule has 34 heavy (non-hydrogen) atoms. The molecule has 4 heterocycles. The molecular weight excluding hydrogens is 424 g/mol. The van der Waals surface area contributed by atoms with Crippen LogP contribution in [0, 0.1) is 0 Å². The summed E-state index contributed by atoms with van der Waals surface area (Å²) >= 11 is 0. The molecule has 3 aromatic rings.